The van der Waals surface area contributed by atoms with E-state index in [1.54, 1.807) is 0 Å². The van der Waals surface area contributed by atoms with Crippen molar-refractivity contribution in [3.63, 3.8) is 0 Å². The van der Waals surface area contributed by atoms with Crippen molar-refractivity contribution >= 4 is 17.3 Å². The van der Waals surface area contributed by atoms with Gasteiger partial charge in [-0.05, 0) is 38.1 Å². The van der Waals surface area contributed by atoms with Crippen LogP contribution in [0.2, 0.25) is 0 Å². The Hall–Kier alpha value is -1.90. The molecule has 8 heteroatoms. The zero-order valence-electron chi connectivity index (χ0n) is 17.0. The first-order chi connectivity index (χ1) is 14.2. The van der Waals surface area contributed by atoms with Gasteiger partial charge in [0.05, 0.1) is 16.9 Å². The molecule has 0 aliphatic carbocycles. The molecule has 1 unspecified atom stereocenters. The average Bonchev–Trinajstić information content (AvgIpc) is 3.02. The number of nitrogens with one attached hydrogen (secondary N) is 2. The molecule has 0 saturated carbocycles. The van der Waals surface area contributed by atoms with E-state index in [0.717, 1.165) is 50.6 Å². The summed E-state index contributed by atoms with van der Waals surface area (Å²) in [5.74, 6) is -0.556. The van der Waals surface area contributed by atoms with E-state index < -0.39 is 0 Å². The van der Waals surface area contributed by atoms with Gasteiger partial charge in [0.1, 0.15) is 5.82 Å². The summed E-state index contributed by atoms with van der Waals surface area (Å²) in [7, 11) is 0. The lowest BCUT2D eigenvalue weighted by Crippen LogP contribution is -2.58. The number of hydrogen-bond acceptors (Lipinski definition) is 6. The molecule has 1 amide bonds. The Kier molecular flexibility index (Phi) is 5.32. The Labute approximate surface area is 171 Å². The fraction of sp³-hybridized carbons (Fsp3) is 0.667. The second kappa shape index (κ2) is 8.08. The molecule has 4 aliphatic heterocycles. The quantitative estimate of drug-likeness (QED) is 0.789. The summed E-state index contributed by atoms with van der Waals surface area (Å²) in [4.78, 5) is 22.2. The van der Waals surface area contributed by atoms with Crippen LogP contribution in [0, 0.1) is 5.82 Å². The number of halogens is 1. The fourth-order valence-corrected chi connectivity index (χ4v) is 5.14. The summed E-state index contributed by atoms with van der Waals surface area (Å²) in [5.41, 5.74) is 2.01. The SMILES string of the molecule is O=C1NCCN2c3c(cc(F)cc31)NC2N1CCN(CCN2CCCCC2)CC1. The largest absolute Gasteiger partial charge is 0.351 e. The number of carbonyl (C=O) groups is 1. The van der Waals surface area contributed by atoms with Crippen LogP contribution in [0.5, 0.6) is 0 Å². The third-order valence-corrected chi connectivity index (χ3v) is 6.76. The smallest absolute Gasteiger partial charge is 0.253 e. The van der Waals surface area contributed by atoms with Crippen molar-refractivity contribution in [3.05, 3.63) is 23.5 Å². The normalized spacial score (nSPS) is 26.0. The molecule has 0 radical (unpaired) electrons. The minimum absolute atomic E-state index is 0.0116. The van der Waals surface area contributed by atoms with Crippen LogP contribution in [0.4, 0.5) is 15.8 Å². The minimum Gasteiger partial charge on any atom is -0.351 e. The van der Waals surface area contributed by atoms with Gasteiger partial charge >= 0.3 is 0 Å². The lowest BCUT2D eigenvalue weighted by molar-refractivity contribution is 0.0932. The van der Waals surface area contributed by atoms with Gasteiger partial charge in [-0.3, -0.25) is 14.6 Å². The zero-order chi connectivity index (χ0) is 19.8. The summed E-state index contributed by atoms with van der Waals surface area (Å²) in [5, 5.41) is 6.37. The lowest BCUT2D eigenvalue weighted by Gasteiger charge is -2.41. The average molecular weight is 403 g/mol. The molecule has 7 nitrogen and oxygen atoms in total. The van der Waals surface area contributed by atoms with Gasteiger partial charge in [-0.25, -0.2) is 4.39 Å². The monoisotopic (exact) mass is 402 g/mol. The number of anilines is 2. The summed E-state index contributed by atoms with van der Waals surface area (Å²) < 4.78 is 14.1. The highest BCUT2D eigenvalue weighted by Crippen LogP contribution is 2.40. The Morgan fingerprint density at radius 3 is 2.41 bits per heavy atom. The lowest BCUT2D eigenvalue weighted by atomic mass is 10.1. The highest BCUT2D eigenvalue weighted by Gasteiger charge is 2.38. The first-order valence-electron chi connectivity index (χ1n) is 11.0. The predicted octanol–water partition coefficient (Wildman–Crippen LogP) is 1.19. The molecule has 0 spiro atoms. The van der Waals surface area contributed by atoms with E-state index in [0.29, 0.717) is 12.1 Å². The number of nitrogens with zero attached hydrogens (tertiary/aromatic N) is 4. The molecule has 0 bridgehead atoms. The van der Waals surface area contributed by atoms with Crippen molar-refractivity contribution in [1.82, 2.24) is 20.0 Å². The van der Waals surface area contributed by atoms with Crippen LogP contribution in [0.1, 0.15) is 29.6 Å². The van der Waals surface area contributed by atoms with Gasteiger partial charge in [0.2, 0.25) is 0 Å². The maximum Gasteiger partial charge on any atom is 0.253 e. The maximum atomic E-state index is 14.1. The van der Waals surface area contributed by atoms with Crippen LogP contribution in [0.15, 0.2) is 12.1 Å². The minimum atomic E-state index is -0.369. The number of hydrogen-bond donors (Lipinski definition) is 2. The number of piperidine rings is 1. The van der Waals surface area contributed by atoms with E-state index >= 15 is 0 Å². The van der Waals surface area contributed by atoms with E-state index in [1.807, 2.05) is 0 Å². The van der Waals surface area contributed by atoms with Crippen molar-refractivity contribution < 1.29 is 9.18 Å². The van der Waals surface area contributed by atoms with Gasteiger partial charge in [0.15, 0.2) is 6.29 Å². The second-order valence-corrected chi connectivity index (χ2v) is 8.60. The van der Waals surface area contributed by atoms with Crippen molar-refractivity contribution in [1.29, 1.82) is 0 Å². The summed E-state index contributed by atoms with van der Waals surface area (Å²) in [6, 6.07) is 2.87. The van der Waals surface area contributed by atoms with Crippen LogP contribution in [0.25, 0.3) is 0 Å². The highest BCUT2D eigenvalue weighted by atomic mass is 19.1. The number of rotatable bonds is 4. The molecule has 2 N–H and O–H groups in total. The van der Waals surface area contributed by atoms with Crippen molar-refractivity contribution in [2.24, 2.45) is 0 Å². The molecule has 0 aromatic heterocycles. The van der Waals surface area contributed by atoms with Gasteiger partial charge in [-0.1, -0.05) is 6.42 Å². The van der Waals surface area contributed by atoms with E-state index in [-0.39, 0.29) is 18.0 Å². The Bertz CT molecular complexity index is 760. The summed E-state index contributed by atoms with van der Waals surface area (Å²) in [6.07, 6.45) is 4.06. The van der Waals surface area contributed by atoms with Crippen LogP contribution in [0.3, 0.4) is 0 Å². The third-order valence-electron chi connectivity index (χ3n) is 6.76. The highest BCUT2D eigenvalue weighted by molar-refractivity contribution is 6.04. The standard InChI is InChI=1S/C21H31FN6O/c22-16-14-17-19-18(15-16)24-21(28(19)7-4-23-20(17)29)27-12-10-26(11-13-27)9-8-25-5-2-1-3-6-25/h14-15,21,24H,1-13H2,(H,23,29). The molecule has 2 fully saturated rings. The number of piperazine rings is 1. The van der Waals surface area contributed by atoms with E-state index in [1.165, 1.54) is 51.0 Å². The number of carbonyl (C=O) groups excluding carboxylic acids is 1. The first-order valence-corrected chi connectivity index (χ1v) is 11.0. The molecule has 2 saturated heterocycles. The topological polar surface area (TPSA) is 54.1 Å². The molecule has 4 aliphatic rings. The molecule has 1 aromatic rings. The van der Waals surface area contributed by atoms with Crippen molar-refractivity contribution in [3.8, 4) is 0 Å². The molecule has 4 heterocycles. The van der Waals surface area contributed by atoms with Gasteiger partial charge in [0, 0.05) is 52.4 Å². The van der Waals surface area contributed by atoms with Crippen molar-refractivity contribution in [2.45, 2.75) is 25.6 Å². The molecular formula is C21H31FN6O. The van der Waals surface area contributed by atoms with Gasteiger partial charge < -0.3 is 20.4 Å². The molecule has 1 atom stereocenters. The third kappa shape index (κ3) is 3.81. The Balaban J connectivity index is 1.22. The first kappa shape index (κ1) is 19.1. The Morgan fingerprint density at radius 2 is 1.66 bits per heavy atom. The summed E-state index contributed by atoms with van der Waals surface area (Å²) in [6.45, 7) is 10.2. The van der Waals surface area contributed by atoms with Gasteiger partial charge in [-0.15, -0.1) is 0 Å². The zero-order valence-corrected chi connectivity index (χ0v) is 17.0. The van der Waals surface area contributed by atoms with Crippen molar-refractivity contribution in [2.75, 3.05) is 75.7 Å². The van der Waals surface area contributed by atoms with Gasteiger partial charge in [0.25, 0.3) is 5.91 Å². The van der Waals surface area contributed by atoms with E-state index in [2.05, 4.69) is 30.2 Å². The van der Waals surface area contributed by atoms with Crippen LogP contribution in [-0.2, 0) is 0 Å². The number of amides is 1. The number of likely N-dealkylation sites (tertiary alicyclic amines) is 1. The molecule has 158 valence electrons. The van der Waals surface area contributed by atoms with Crippen LogP contribution < -0.4 is 15.5 Å². The predicted molar refractivity (Wildman–Crippen MR) is 112 cm³/mol. The second-order valence-electron chi connectivity index (χ2n) is 8.60. The fourth-order valence-electron chi connectivity index (χ4n) is 5.14. The maximum absolute atomic E-state index is 14.1. The number of benzene rings is 1. The van der Waals surface area contributed by atoms with E-state index in [4.69, 9.17) is 0 Å². The van der Waals surface area contributed by atoms with Crippen LogP contribution in [-0.4, -0.2) is 92.3 Å². The van der Waals surface area contributed by atoms with Crippen LogP contribution >= 0.6 is 0 Å². The van der Waals surface area contributed by atoms with E-state index in [9.17, 15) is 9.18 Å². The molecule has 5 rings (SSSR count). The Morgan fingerprint density at radius 1 is 0.931 bits per heavy atom. The molecule has 1 aromatic carbocycles. The summed E-state index contributed by atoms with van der Waals surface area (Å²) >= 11 is 0. The molecule has 29 heavy (non-hydrogen) atoms. The molecular weight excluding hydrogens is 371 g/mol. The van der Waals surface area contributed by atoms with Gasteiger partial charge in [-0.2, -0.15) is 0 Å².